The van der Waals surface area contributed by atoms with Gasteiger partial charge in [-0.2, -0.15) is 0 Å². The lowest BCUT2D eigenvalue weighted by Gasteiger charge is -2.41. The lowest BCUT2D eigenvalue weighted by atomic mass is 9.97. The van der Waals surface area contributed by atoms with Crippen molar-refractivity contribution in [3.8, 4) is 22.6 Å². The summed E-state index contributed by atoms with van der Waals surface area (Å²) in [4.78, 5) is 0. The summed E-state index contributed by atoms with van der Waals surface area (Å²) in [6.07, 6.45) is 26.5. The first-order valence-corrected chi connectivity index (χ1v) is 25.0. The van der Waals surface area contributed by atoms with E-state index in [2.05, 4.69) is 0 Å². The summed E-state index contributed by atoms with van der Waals surface area (Å²) in [5.41, 5.74) is 1.52. The van der Waals surface area contributed by atoms with Gasteiger partial charge in [0.25, 0.3) is 0 Å². The molecule has 5 aliphatic carbocycles. The second-order valence-electron chi connectivity index (χ2n) is 16.5. The molecule has 5 aliphatic rings. The molecule has 0 spiro atoms. The van der Waals surface area contributed by atoms with Crippen molar-refractivity contribution < 1.29 is 19.0 Å². The molecule has 7 rings (SSSR count). The Morgan fingerprint density at radius 2 is 0.820 bits per heavy atom. The largest absolute Gasteiger partial charge is 0.506 e. The second-order valence-corrected chi connectivity index (χ2v) is 24.1. The highest BCUT2D eigenvalue weighted by Crippen LogP contribution is 2.67. The van der Waals surface area contributed by atoms with Gasteiger partial charge in [-0.25, -0.2) is 0 Å². The third-order valence-electron chi connectivity index (χ3n) is 13.5. The minimum atomic E-state index is -3.09. The van der Waals surface area contributed by atoms with Crippen LogP contribution in [0.1, 0.15) is 161 Å². The predicted octanol–water partition coefficient (Wildman–Crippen LogP) is 13.4. The molecule has 0 aliphatic heterocycles. The average Bonchev–Trinajstić information content (AvgIpc) is 3.18. The average molecular weight is 762 g/mol. The lowest BCUT2D eigenvalue weighted by molar-refractivity contribution is 0.156. The predicted molar refractivity (Wildman–Crippen MR) is 213 cm³/mol. The Morgan fingerprint density at radius 1 is 0.480 bits per heavy atom. The third kappa shape index (κ3) is 7.29. The second kappa shape index (κ2) is 16.6. The first-order valence-electron chi connectivity index (χ1n) is 20.5. The summed E-state index contributed by atoms with van der Waals surface area (Å²) in [5, 5.41) is 14.7. The number of phenolic OH excluding ortho intramolecular Hbond substituents is 1. The van der Waals surface area contributed by atoms with E-state index in [9.17, 15) is 5.11 Å². The summed E-state index contributed by atoms with van der Waals surface area (Å²) in [7, 11) is -6.17. The highest BCUT2D eigenvalue weighted by Gasteiger charge is 2.48. The zero-order valence-electron chi connectivity index (χ0n) is 30.2. The number of ether oxygens (including phenoxy) is 1. The van der Waals surface area contributed by atoms with Crippen molar-refractivity contribution in [1.82, 2.24) is 0 Å². The summed E-state index contributed by atoms with van der Waals surface area (Å²) >= 11 is 14.2. The van der Waals surface area contributed by atoms with Crippen LogP contribution < -0.4 is 15.3 Å². The molecule has 8 heteroatoms. The van der Waals surface area contributed by atoms with Crippen LogP contribution in [-0.4, -0.2) is 33.8 Å². The topological polar surface area (TPSA) is 63.6 Å². The molecule has 2 aromatic rings. The molecule has 276 valence electrons. The van der Waals surface area contributed by atoms with Gasteiger partial charge >= 0.3 is 0 Å². The van der Waals surface area contributed by atoms with E-state index in [0.29, 0.717) is 21.9 Å². The minimum absolute atomic E-state index is 0.00716. The third-order valence-corrected chi connectivity index (χ3v) is 22.8. The van der Waals surface area contributed by atoms with E-state index in [4.69, 9.17) is 27.9 Å². The van der Waals surface area contributed by atoms with Crippen molar-refractivity contribution in [3.05, 3.63) is 34.3 Å². The minimum Gasteiger partial charge on any atom is -0.506 e. The zero-order chi connectivity index (χ0) is 34.7. The van der Waals surface area contributed by atoms with Crippen LogP contribution in [0.25, 0.3) is 11.1 Å². The fraction of sp³-hybridized carbons (Fsp3) is 0.714. The van der Waals surface area contributed by atoms with Crippen LogP contribution in [0.2, 0.25) is 10.0 Å². The SMILES string of the molecule is O=P(c1ccc(Cl)c(O)c1-c1c(P(=O)(C2CCCCC2)C2CCCCC2)ccc(Cl)c1OC1CCCCC1)(C1CCCCC1)C1CCCCC1. The van der Waals surface area contributed by atoms with E-state index in [1.165, 1.54) is 32.1 Å². The summed E-state index contributed by atoms with van der Waals surface area (Å²) in [5.74, 6) is 0.479. The number of benzene rings is 2. The fourth-order valence-corrected chi connectivity index (χ4v) is 20.3. The van der Waals surface area contributed by atoms with Crippen molar-refractivity contribution in [2.24, 2.45) is 0 Å². The maximum atomic E-state index is 16.6. The highest BCUT2D eigenvalue weighted by molar-refractivity contribution is 7.74. The van der Waals surface area contributed by atoms with Crippen LogP contribution in [0.3, 0.4) is 0 Å². The Bertz CT molecular complexity index is 1520. The molecule has 4 nitrogen and oxygen atoms in total. The molecule has 2 aromatic carbocycles. The van der Waals surface area contributed by atoms with Crippen LogP contribution in [0, 0.1) is 0 Å². The summed E-state index contributed by atoms with van der Waals surface area (Å²) in [6.45, 7) is 0. The number of aromatic hydroxyl groups is 1. The number of phenols is 1. The van der Waals surface area contributed by atoms with Crippen molar-refractivity contribution in [1.29, 1.82) is 0 Å². The van der Waals surface area contributed by atoms with Crippen molar-refractivity contribution in [2.45, 2.75) is 189 Å². The summed E-state index contributed by atoms with van der Waals surface area (Å²) in [6, 6.07) is 7.70. The molecule has 5 fully saturated rings. The molecule has 0 heterocycles. The Morgan fingerprint density at radius 3 is 1.22 bits per heavy atom. The molecule has 5 saturated carbocycles. The Balaban J connectivity index is 1.52. The van der Waals surface area contributed by atoms with Gasteiger partial charge in [-0.1, -0.05) is 107 Å². The van der Waals surface area contributed by atoms with Crippen LogP contribution in [0.5, 0.6) is 11.5 Å². The van der Waals surface area contributed by atoms with Gasteiger partial charge in [0.2, 0.25) is 0 Å². The van der Waals surface area contributed by atoms with Gasteiger partial charge in [0.15, 0.2) is 0 Å². The van der Waals surface area contributed by atoms with E-state index in [1.54, 1.807) is 6.07 Å². The molecular weight excluding hydrogens is 701 g/mol. The zero-order valence-corrected chi connectivity index (χ0v) is 33.5. The van der Waals surface area contributed by atoms with Gasteiger partial charge in [0.1, 0.15) is 25.8 Å². The van der Waals surface area contributed by atoms with E-state index in [-0.39, 0.29) is 39.5 Å². The Kier molecular flexibility index (Phi) is 12.4. The van der Waals surface area contributed by atoms with Crippen LogP contribution in [-0.2, 0) is 9.13 Å². The summed E-state index contributed by atoms with van der Waals surface area (Å²) < 4.78 is 40.0. The molecule has 0 saturated heterocycles. The first-order chi connectivity index (χ1) is 24.3. The van der Waals surface area contributed by atoms with E-state index in [0.717, 1.165) is 139 Å². The molecule has 0 aromatic heterocycles. The first kappa shape index (κ1) is 37.4. The van der Waals surface area contributed by atoms with E-state index in [1.807, 2.05) is 18.2 Å². The number of hydrogen-bond donors (Lipinski definition) is 1. The van der Waals surface area contributed by atoms with Gasteiger partial charge in [0, 0.05) is 44.4 Å². The van der Waals surface area contributed by atoms with E-state index < -0.39 is 14.3 Å². The normalized spacial score (nSPS) is 23.2. The maximum absolute atomic E-state index is 16.6. The molecule has 0 radical (unpaired) electrons. The Hall–Kier alpha value is -0.920. The van der Waals surface area contributed by atoms with Crippen molar-refractivity contribution in [2.75, 3.05) is 0 Å². The molecule has 1 N–H and O–H groups in total. The molecule has 0 atom stereocenters. The fourth-order valence-electron chi connectivity index (χ4n) is 10.9. The maximum Gasteiger partial charge on any atom is 0.147 e. The van der Waals surface area contributed by atoms with Crippen molar-refractivity contribution >= 4 is 48.1 Å². The molecule has 0 amide bonds. The van der Waals surface area contributed by atoms with Crippen molar-refractivity contribution in [3.63, 3.8) is 0 Å². The van der Waals surface area contributed by atoms with Crippen LogP contribution in [0.4, 0.5) is 0 Å². The molecular formula is C42H60Cl2O4P2. The van der Waals surface area contributed by atoms with Gasteiger partial charge in [-0.05, 0) is 101 Å². The van der Waals surface area contributed by atoms with Gasteiger partial charge in [-0.3, -0.25) is 0 Å². The van der Waals surface area contributed by atoms with Gasteiger partial charge in [0.05, 0.1) is 16.1 Å². The van der Waals surface area contributed by atoms with Gasteiger partial charge in [-0.15, -0.1) is 0 Å². The molecule has 0 bridgehead atoms. The molecule has 0 unspecified atom stereocenters. The number of halogens is 2. The van der Waals surface area contributed by atoms with Gasteiger partial charge < -0.3 is 19.0 Å². The van der Waals surface area contributed by atoms with Crippen LogP contribution >= 0.6 is 37.5 Å². The quantitative estimate of drug-likeness (QED) is 0.259. The number of hydrogen-bond acceptors (Lipinski definition) is 4. The lowest BCUT2D eigenvalue weighted by Crippen LogP contribution is -2.33. The monoisotopic (exact) mass is 760 g/mol. The highest BCUT2D eigenvalue weighted by atomic mass is 35.5. The molecule has 50 heavy (non-hydrogen) atoms. The standard InChI is InChI=1S/C42H60Cl2O4P2/c43-35-26-28-37(49(46,31-18-8-2-9-19-31)32-20-10-3-11-21-32)39(41(35)45)40-38(29-27-36(44)42(40)48-30-16-6-1-7-17-30)50(47,33-22-12-4-13-23-33)34-24-14-5-15-25-34/h26-34,45H,1-25H2. The van der Waals surface area contributed by atoms with Crippen LogP contribution in [0.15, 0.2) is 24.3 Å². The van der Waals surface area contributed by atoms with E-state index >= 15 is 9.13 Å². The smallest absolute Gasteiger partial charge is 0.147 e. The number of rotatable bonds is 9. The Labute approximate surface area is 312 Å².